The van der Waals surface area contributed by atoms with Gasteiger partial charge in [0, 0.05) is 24.9 Å². The van der Waals surface area contributed by atoms with Crippen LogP contribution in [0.3, 0.4) is 0 Å². The molecule has 4 heteroatoms. The molecule has 1 heterocycles. The van der Waals surface area contributed by atoms with E-state index in [2.05, 4.69) is 5.32 Å². The predicted molar refractivity (Wildman–Crippen MR) is 39.1 cm³/mol. The van der Waals surface area contributed by atoms with Crippen LogP contribution in [0.4, 0.5) is 0 Å². The van der Waals surface area contributed by atoms with Crippen LogP contribution in [0.2, 0.25) is 0 Å². The Morgan fingerprint density at radius 1 is 1.40 bits per heavy atom. The Balaban J connectivity index is 2.42. The highest BCUT2D eigenvalue weighted by Crippen LogP contribution is 2.12. The zero-order valence-corrected chi connectivity index (χ0v) is 6.38. The molecule has 3 nitrogen and oxygen atoms in total. The number of hydrogen-bond acceptors (Lipinski definition) is 3. The third-order valence-corrected chi connectivity index (χ3v) is 2.23. The number of alkyl halides is 1. The SMILES string of the molecule is OC1CNCC(CCl)C1O. The van der Waals surface area contributed by atoms with Crippen molar-refractivity contribution < 1.29 is 10.2 Å². The molecule has 3 atom stereocenters. The van der Waals surface area contributed by atoms with E-state index in [0.717, 1.165) is 0 Å². The number of hydrogen-bond donors (Lipinski definition) is 3. The Morgan fingerprint density at radius 2 is 2.10 bits per heavy atom. The van der Waals surface area contributed by atoms with Crippen LogP contribution in [0.1, 0.15) is 0 Å². The Bertz CT molecular complexity index is 112. The number of piperidine rings is 1. The first-order valence-electron chi connectivity index (χ1n) is 3.38. The van der Waals surface area contributed by atoms with Gasteiger partial charge in [-0.15, -0.1) is 11.6 Å². The number of β-amino-alcohol motifs (C(OH)–C–C–N with tert-alkyl or cyclic N) is 1. The lowest BCUT2D eigenvalue weighted by Crippen LogP contribution is -2.50. The molecule has 1 aliphatic heterocycles. The van der Waals surface area contributed by atoms with Crippen molar-refractivity contribution in [2.45, 2.75) is 12.2 Å². The van der Waals surface area contributed by atoms with E-state index in [-0.39, 0.29) is 5.92 Å². The molecular formula is C6H12ClNO2. The molecule has 1 saturated heterocycles. The minimum absolute atomic E-state index is 0.00887. The van der Waals surface area contributed by atoms with E-state index < -0.39 is 12.2 Å². The quantitative estimate of drug-likeness (QED) is 0.445. The molecule has 0 aromatic carbocycles. The molecular weight excluding hydrogens is 154 g/mol. The van der Waals surface area contributed by atoms with Crippen LogP contribution in [0, 0.1) is 5.92 Å². The van der Waals surface area contributed by atoms with E-state index in [4.69, 9.17) is 16.7 Å². The molecule has 0 aromatic heterocycles. The lowest BCUT2D eigenvalue weighted by molar-refractivity contribution is -0.0285. The third kappa shape index (κ3) is 1.61. The molecule has 0 saturated carbocycles. The van der Waals surface area contributed by atoms with Crippen molar-refractivity contribution >= 4 is 11.6 Å². The summed E-state index contributed by atoms with van der Waals surface area (Å²) in [6.07, 6.45) is -1.31. The predicted octanol–water partition coefficient (Wildman–Crippen LogP) is -0.834. The Morgan fingerprint density at radius 3 is 2.60 bits per heavy atom. The standard InChI is InChI=1S/C6H12ClNO2/c7-1-4-2-8-3-5(9)6(4)10/h4-6,8-10H,1-3H2. The van der Waals surface area contributed by atoms with Crippen molar-refractivity contribution in [3.63, 3.8) is 0 Å². The van der Waals surface area contributed by atoms with E-state index in [1.807, 2.05) is 0 Å². The zero-order valence-electron chi connectivity index (χ0n) is 5.63. The lowest BCUT2D eigenvalue weighted by Gasteiger charge is -2.30. The Kier molecular flexibility index (Phi) is 2.92. The van der Waals surface area contributed by atoms with Gasteiger partial charge in [0.15, 0.2) is 0 Å². The van der Waals surface area contributed by atoms with Gasteiger partial charge in [-0.25, -0.2) is 0 Å². The molecule has 3 N–H and O–H groups in total. The van der Waals surface area contributed by atoms with Crippen molar-refractivity contribution in [2.75, 3.05) is 19.0 Å². The summed E-state index contributed by atoms with van der Waals surface area (Å²) in [5.74, 6) is 0.385. The van der Waals surface area contributed by atoms with Crippen LogP contribution in [0.25, 0.3) is 0 Å². The van der Waals surface area contributed by atoms with Gasteiger partial charge in [0.2, 0.25) is 0 Å². The van der Waals surface area contributed by atoms with Crippen molar-refractivity contribution in [3.8, 4) is 0 Å². The summed E-state index contributed by atoms with van der Waals surface area (Å²) in [5, 5.41) is 21.3. The molecule has 0 spiro atoms. The van der Waals surface area contributed by atoms with Gasteiger partial charge in [0.05, 0.1) is 12.2 Å². The van der Waals surface area contributed by atoms with E-state index in [1.54, 1.807) is 0 Å². The van der Waals surface area contributed by atoms with Gasteiger partial charge in [0.25, 0.3) is 0 Å². The molecule has 0 amide bonds. The summed E-state index contributed by atoms with van der Waals surface area (Å²) in [7, 11) is 0. The second-order valence-electron chi connectivity index (χ2n) is 2.63. The zero-order chi connectivity index (χ0) is 7.56. The van der Waals surface area contributed by atoms with Gasteiger partial charge in [-0.3, -0.25) is 0 Å². The molecule has 1 rings (SSSR count). The first kappa shape index (κ1) is 8.27. The summed E-state index contributed by atoms with van der Waals surface area (Å²) in [6.45, 7) is 1.16. The molecule has 1 aliphatic rings. The van der Waals surface area contributed by atoms with Crippen LogP contribution in [-0.2, 0) is 0 Å². The van der Waals surface area contributed by atoms with Gasteiger partial charge in [-0.1, -0.05) is 0 Å². The molecule has 0 radical (unpaired) electrons. The molecule has 0 bridgehead atoms. The fraction of sp³-hybridized carbons (Fsp3) is 1.00. The second kappa shape index (κ2) is 3.53. The normalized spacial score (nSPS) is 41.7. The molecule has 10 heavy (non-hydrogen) atoms. The minimum Gasteiger partial charge on any atom is -0.390 e. The molecule has 3 unspecified atom stereocenters. The summed E-state index contributed by atoms with van der Waals surface area (Å²) >= 11 is 5.53. The average Bonchev–Trinajstić information content (AvgIpc) is 1.95. The summed E-state index contributed by atoms with van der Waals surface area (Å²) in [4.78, 5) is 0. The van der Waals surface area contributed by atoms with E-state index in [9.17, 15) is 5.11 Å². The summed E-state index contributed by atoms with van der Waals surface area (Å²) in [5.41, 5.74) is 0. The minimum atomic E-state index is -0.655. The average molecular weight is 166 g/mol. The fourth-order valence-corrected chi connectivity index (χ4v) is 1.41. The van der Waals surface area contributed by atoms with Gasteiger partial charge in [-0.2, -0.15) is 0 Å². The summed E-state index contributed by atoms with van der Waals surface area (Å²) in [6, 6.07) is 0. The second-order valence-corrected chi connectivity index (χ2v) is 2.94. The van der Waals surface area contributed by atoms with E-state index in [0.29, 0.717) is 19.0 Å². The molecule has 1 fully saturated rings. The van der Waals surface area contributed by atoms with Crippen molar-refractivity contribution in [1.82, 2.24) is 5.32 Å². The number of aliphatic hydroxyl groups is 2. The highest BCUT2D eigenvalue weighted by atomic mass is 35.5. The number of rotatable bonds is 1. The number of nitrogens with one attached hydrogen (secondary N) is 1. The highest BCUT2D eigenvalue weighted by molar-refractivity contribution is 6.18. The maximum atomic E-state index is 9.26. The van der Waals surface area contributed by atoms with Gasteiger partial charge >= 0.3 is 0 Å². The highest BCUT2D eigenvalue weighted by Gasteiger charge is 2.29. The summed E-state index contributed by atoms with van der Waals surface area (Å²) < 4.78 is 0. The smallest absolute Gasteiger partial charge is 0.0926 e. The fourth-order valence-electron chi connectivity index (χ4n) is 1.12. The third-order valence-electron chi connectivity index (χ3n) is 1.84. The van der Waals surface area contributed by atoms with Crippen LogP contribution in [0.15, 0.2) is 0 Å². The van der Waals surface area contributed by atoms with E-state index in [1.165, 1.54) is 0 Å². The first-order chi connectivity index (χ1) is 4.75. The molecule has 0 aromatic rings. The van der Waals surface area contributed by atoms with Crippen molar-refractivity contribution in [1.29, 1.82) is 0 Å². The Labute approximate surface area is 65.0 Å². The van der Waals surface area contributed by atoms with Gasteiger partial charge < -0.3 is 15.5 Å². The lowest BCUT2D eigenvalue weighted by atomic mass is 9.96. The maximum Gasteiger partial charge on any atom is 0.0926 e. The van der Waals surface area contributed by atoms with Gasteiger partial charge in [0.1, 0.15) is 0 Å². The maximum absolute atomic E-state index is 9.26. The first-order valence-corrected chi connectivity index (χ1v) is 3.92. The van der Waals surface area contributed by atoms with Crippen LogP contribution >= 0.6 is 11.6 Å². The number of aliphatic hydroxyl groups excluding tert-OH is 2. The van der Waals surface area contributed by atoms with Gasteiger partial charge in [-0.05, 0) is 0 Å². The van der Waals surface area contributed by atoms with Crippen molar-refractivity contribution in [2.24, 2.45) is 5.92 Å². The Hall–Kier alpha value is 0.170. The van der Waals surface area contributed by atoms with Crippen LogP contribution < -0.4 is 5.32 Å². The van der Waals surface area contributed by atoms with Crippen LogP contribution in [0.5, 0.6) is 0 Å². The topological polar surface area (TPSA) is 52.5 Å². The number of halogens is 1. The molecule has 0 aliphatic carbocycles. The molecule has 60 valence electrons. The van der Waals surface area contributed by atoms with E-state index >= 15 is 0 Å². The van der Waals surface area contributed by atoms with Crippen LogP contribution in [-0.4, -0.2) is 41.4 Å². The monoisotopic (exact) mass is 165 g/mol. The largest absolute Gasteiger partial charge is 0.390 e. The van der Waals surface area contributed by atoms with Crippen molar-refractivity contribution in [3.05, 3.63) is 0 Å².